The maximum Gasteiger partial charge on any atom is 0.223 e. The zero-order valence-corrected chi connectivity index (χ0v) is 11.0. The molecule has 1 aliphatic rings. The van der Waals surface area contributed by atoms with E-state index in [9.17, 15) is 0 Å². The molecule has 0 aromatic carbocycles. The first-order valence-corrected chi connectivity index (χ1v) is 7.71. The van der Waals surface area contributed by atoms with Gasteiger partial charge in [-0.3, -0.25) is 0 Å². The van der Waals surface area contributed by atoms with Gasteiger partial charge in [-0.05, 0) is 35.8 Å². The lowest BCUT2D eigenvalue weighted by Crippen LogP contribution is -2.25. The van der Waals surface area contributed by atoms with Crippen LogP contribution in [-0.4, -0.2) is 27.5 Å². The number of aromatic nitrogens is 2. The number of hydrogen-bond acceptors (Lipinski definition) is 6. The second-order valence-electron chi connectivity index (χ2n) is 4.10. The fourth-order valence-corrected chi connectivity index (χ4v) is 3.89. The summed E-state index contributed by atoms with van der Waals surface area (Å²) in [5.41, 5.74) is 5.73. The van der Waals surface area contributed by atoms with E-state index in [1.54, 1.807) is 11.3 Å². The predicted octanol–water partition coefficient (Wildman–Crippen LogP) is 2.58. The van der Waals surface area contributed by atoms with Gasteiger partial charge in [0.15, 0.2) is 0 Å². The quantitative estimate of drug-likeness (QED) is 0.874. The van der Waals surface area contributed by atoms with Crippen LogP contribution in [0.15, 0.2) is 11.4 Å². The number of rotatable bonds is 2. The van der Waals surface area contributed by atoms with Gasteiger partial charge in [0.25, 0.3) is 0 Å². The molecule has 17 heavy (non-hydrogen) atoms. The molecule has 0 aliphatic carbocycles. The maximum absolute atomic E-state index is 5.73. The average Bonchev–Trinajstić information content (AvgIpc) is 2.78. The van der Waals surface area contributed by atoms with E-state index >= 15 is 0 Å². The summed E-state index contributed by atoms with van der Waals surface area (Å²) in [6.45, 7) is 0. The minimum absolute atomic E-state index is 0.354. The van der Waals surface area contributed by atoms with Crippen molar-refractivity contribution < 1.29 is 0 Å². The number of anilines is 2. The van der Waals surface area contributed by atoms with E-state index in [0.29, 0.717) is 12.0 Å². The van der Waals surface area contributed by atoms with Crippen molar-refractivity contribution in [2.75, 3.05) is 22.6 Å². The first-order chi connectivity index (χ1) is 8.33. The number of thiophene rings is 1. The number of fused-ring (bicyclic) bond motifs is 1. The topological polar surface area (TPSA) is 63.8 Å². The molecule has 0 spiro atoms. The molecule has 0 radical (unpaired) electrons. The molecule has 90 valence electrons. The standard InChI is InChI=1S/C11H14N4S2/c12-11-14-9(8-3-6-17-10(8)15-11)13-7-1-4-16-5-2-7/h3,6-7H,1-2,4-5H2,(H3,12,13,14,15). The SMILES string of the molecule is Nc1nc(NC2CCSCC2)c2ccsc2n1. The first-order valence-electron chi connectivity index (χ1n) is 5.68. The second-order valence-corrected chi connectivity index (χ2v) is 6.22. The minimum atomic E-state index is 0.354. The highest BCUT2D eigenvalue weighted by molar-refractivity contribution is 7.99. The molecule has 0 bridgehead atoms. The highest BCUT2D eigenvalue weighted by atomic mass is 32.2. The average molecular weight is 266 g/mol. The van der Waals surface area contributed by atoms with Crippen LogP contribution >= 0.6 is 23.1 Å². The summed E-state index contributed by atoms with van der Waals surface area (Å²) in [6.07, 6.45) is 2.39. The molecular formula is C11H14N4S2. The van der Waals surface area contributed by atoms with E-state index in [4.69, 9.17) is 5.73 Å². The molecule has 3 heterocycles. The fraction of sp³-hybridized carbons (Fsp3) is 0.455. The lowest BCUT2D eigenvalue weighted by atomic mass is 10.1. The normalized spacial score (nSPS) is 17.4. The van der Waals surface area contributed by atoms with Crippen molar-refractivity contribution in [2.24, 2.45) is 0 Å². The lowest BCUT2D eigenvalue weighted by molar-refractivity contribution is 0.665. The van der Waals surface area contributed by atoms with Gasteiger partial charge < -0.3 is 11.1 Å². The van der Waals surface area contributed by atoms with Crippen molar-refractivity contribution in [1.29, 1.82) is 0 Å². The molecule has 0 atom stereocenters. The minimum Gasteiger partial charge on any atom is -0.368 e. The Bertz CT molecular complexity index is 519. The van der Waals surface area contributed by atoms with E-state index in [1.165, 1.54) is 24.3 Å². The van der Waals surface area contributed by atoms with Gasteiger partial charge in [0.05, 0.1) is 5.39 Å². The van der Waals surface area contributed by atoms with Gasteiger partial charge in [-0.1, -0.05) is 0 Å². The van der Waals surface area contributed by atoms with E-state index in [-0.39, 0.29) is 0 Å². The zero-order chi connectivity index (χ0) is 11.7. The first kappa shape index (κ1) is 11.1. The molecule has 1 aliphatic heterocycles. The van der Waals surface area contributed by atoms with Gasteiger partial charge in [-0.15, -0.1) is 11.3 Å². The molecule has 2 aromatic heterocycles. The molecule has 4 nitrogen and oxygen atoms in total. The zero-order valence-electron chi connectivity index (χ0n) is 9.35. The van der Waals surface area contributed by atoms with Crippen LogP contribution in [0, 0.1) is 0 Å². The third kappa shape index (κ3) is 2.32. The van der Waals surface area contributed by atoms with Crippen LogP contribution in [0.3, 0.4) is 0 Å². The number of nitrogens with two attached hydrogens (primary N) is 1. The Balaban J connectivity index is 1.90. The van der Waals surface area contributed by atoms with Crippen LogP contribution in [0.2, 0.25) is 0 Å². The summed E-state index contributed by atoms with van der Waals surface area (Å²) in [7, 11) is 0. The van der Waals surface area contributed by atoms with Crippen LogP contribution in [0.4, 0.5) is 11.8 Å². The van der Waals surface area contributed by atoms with Crippen LogP contribution in [0.1, 0.15) is 12.8 Å². The highest BCUT2D eigenvalue weighted by Gasteiger charge is 2.16. The third-order valence-electron chi connectivity index (χ3n) is 2.90. The van der Waals surface area contributed by atoms with E-state index in [0.717, 1.165) is 16.0 Å². The Labute approximate surface area is 108 Å². The summed E-state index contributed by atoms with van der Waals surface area (Å²) in [4.78, 5) is 9.52. The summed E-state index contributed by atoms with van der Waals surface area (Å²) < 4.78 is 0. The smallest absolute Gasteiger partial charge is 0.223 e. The molecule has 3 N–H and O–H groups in total. The van der Waals surface area contributed by atoms with Crippen molar-refractivity contribution in [3.63, 3.8) is 0 Å². The van der Waals surface area contributed by atoms with Gasteiger partial charge in [0.2, 0.25) is 5.95 Å². The Kier molecular flexibility index (Phi) is 3.07. The van der Waals surface area contributed by atoms with Crippen molar-refractivity contribution >= 4 is 45.1 Å². The molecule has 0 amide bonds. The summed E-state index contributed by atoms with van der Waals surface area (Å²) in [5.74, 6) is 3.70. The molecule has 0 unspecified atom stereocenters. The monoisotopic (exact) mass is 266 g/mol. The van der Waals surface area contributed by atoms with Gasteiger partial charge in [0.1, 0.15) is 10.6 Å². The molecule has 1 fully saturated rings. The highest BCUT2D eigenvalue weighted by Crippen LogP contribution is 2.28. The summed E-state index contributed by atoms with van der Waals surface area (Å²) in [6, 6.07) is 2.58. The Morgan fingerprint density at radius 1 is 1.29 bits per heavy atom. The molecule has 0 saturated carbocycles. The van der Waals surface area contributed by atoms with Crippen LogP contribution < -0.4 is 11.1 Å². The van der Waals surface area contributed by atoms with Gasteiger partial charge >= 0.3 is 0 Å². The van der Waals surface area contributed by atoms with Crippen LogP contribution in [0.5, 0.6) is 0 Å². The van der Waals surface area contributed by atoms with E-state index in [2.05, 4.69) is 21.4 Å². The van der Waals surface area contributed by atoms with Crippen molar-refractivity contribution in [3.05, 3.63) is 11.4 Å². The lowest BCUT2D eigenvalue weighted by Gasteiger charge is -2.23. The third-order valence-corrected chi connectivity index (χ3v) is 4.76. The van der Waals surface area contributed by atoms with Crippen molar-refractivity contribution in [3.8, 4) is 0 Å². The van der Waals surface area contributed by atoms with Gasteiger partial charge in [0, 0.05) is 6.04 Å². The largest absolute Gasteiger partial charge is 0.368 e. The fourth-order valence-electron chi connectivity index (χ4n) is 2.02. The van der Waals surface area contributed by atoms with E-state index < -0.39 is 0 Å². The van der Waals surface area contributed by atoms with Gasteiger partial charge in [-0.2, -0.15) is 16.7 Å². The number of nitrogen functional groups attached to an aromatic ring is 1. The molecule has 2 aromatic rings. The Morgan fingerprint density at radius 3 is 2.94 bits per heavy atom. The molecular weight excluding hydrogens is 252 g/mol. The number of nitrogens with zero attached hydrogens (tertiary/aromatic N) is 2. The van der Waals surface area contributed by atoms with Crippen LogP contribution in [0.25, 0.3) is 10.2 Å². The Hall–Kier alpha value is -1.01. The number of nitrogens with one attached hydrogen (secondary N) is 1. The second kappa shape index (κ2) is 4.70. The molecule has 1 saturated heterocycles. The summed E-state index contributed by atoms with van der Waals surface area (Å²) in [5, 5.41) is 6.63. The summed E-state index contributed by atoms with van der Waals surface area (Å²) >= 11 is 3.62. The molecule has 3 rings (SSSR count). The van der Waals surface area contributed by atoms with Crippen molar-refractivity contribution in [2.45, 2.75) is 18.9 Å². The predicted molar refractivity (Wildman–Crippen MR) is 75.8 cm³/mol. The van der Waals surface area contributed by atoms with E-state index in [1.807, 2.05) is 17.1 Å². The van der Waals surface area contributed by atoms with Gasteiger partial charge in [-0.25, -0.2) is 4.98 Å². The number of hydrogen-bond donors (Lipinski definition) is 2. The van der Waals surface area contributed by atoms with Crippen LogP contribution in [-0.2, 0) is 0 Å². The Morgan fingerprint density at radius 2 is 2.12 bits per heavy atom. The molecule has 6 heteroatoms. The maximum atomic E-state index is 5.73. The van der Waals surface area contributed by atoms with Crippen molar-refractivity contribution in [1.82, 2.24) is 9.97 Å². The number of thioether (sulfide) groups is 1.